The van der Waals surface area contributed by atoms with Crippen molar-refractivity contribution in [2.75, 3.05) is 12.3 Å². The first-order valence-electron chi connectivity index (χ1n) is 5.31. The molecule has 2 aromatic rings. The van der Waals surface area contributed by atoms with E-state index in [1.54, 1.807) is 0 Å². The fourth-order valence-electron chi connectivity index (χ4n) is 1.95. The van der Waals surface area contributed by atoms with Crippen LogP contribution in [0, 0.1) is 0 Å². The van der Waals surface area contributed by atoms with Crippen molar-refractivity contribution in [1.29, 1.82) is 0 Å². The number of nitrogens with two attached hydrogens (primary N) is 1. The van der Waals surface area contributed by atoms with E-state index in [0.29, 0.717) is 5.82 Å². The molecule has 0 bridgehead atoms. The summed E-state index contributed by atoms with van der Waals surface area (Å²) in [7, 11) is 0. The van der Waals surface area contributed by atoms with Gasteiger partial charge in [-0.1, -0.05) is 6.08 Å². The van der Waals surface area contributed by atoms with Gasteiger partial charge in [-0.15, -0.1) is 0 Å². The zero-order valence-corrected chi connectivity index (χ0v) is 9.02. The van der Waals surface area contributed by atoms with Crippen LogP contribution in [-0.2, 0) is 4.74 Å². The fourth-order valence-corrected chi connectivity index (χ4v) is 1.95. The number of nitrogens with zero attached hydrogens (tertiary/aromatic N) is 3. The van der Waals surface area contributed by atoms with Crippen LogP contribution in [0.2, 0.25) is 0 Å². The third-order valence-corrected chi connectivity index (χ3v) is 2.80. The monoisotopic (exact) mass is 232 g/mol. The first-order valence-corrected chi connectivity index (χ1v) is 5.31. The number of anilines is 1. The van der Waals surface area contributed by atoms with Crippen molar-refractivity contribution in [2.24, 2.45) is 0 Å². The van der Waals surface area contributed by atoms with Gasteiger partial charge in [-0.05, 0) is 12.1 Å². The van der Waals surface area contributed by atoms with E-state index < -0.39 is 0 Å². The standard InChI is InChI=1S/C11H12N4O2/c12-10-8-3-4-15(11(8)14-6-13-10)9-2-1-7(5-16)17-9/h1-4,6-7,9,16H,5H2,(H2,12,13,14)/t7-,9+/m0/s1. The van der Waals surface area contributed by atoms with Gasteiger partial charge >= 0.3 is 0 Å². The van der Waals surface area contributed by atoms with E-state index in [0.717, 1.165) is 11.0 Å². The lowest BCUT2D eigenvalue weighted by Gasteiger charge is -2.14. The van der Waals surface area contributed by atoms with E-state index >= 15 is 0 Å². The van der Waals surface area contributed by atoms with Gasteiger partial charge in [0, 0.05) is 6.20 Å². The molecule has 2 atom stereocenters. The van der Waals surface area contributed by atoms with Crippen molar-refractivity contribution >= 4 is 16.9 Å². The molecule has 0 aliphatic carbocycles. The Labute approximate surface area is 97.3 Å². The maximum absolute atomic E-state index is 9.01. The van der Waals surface area contributed by atoms with Crippen molar-refractivity contribution < 1.29 is 9.84 Å². The molecule has 0 radical (unpaired) electrons. The lowest BCUT2D eigenvalue weighted by molar-refractivity contribution is -0.00613. The van der Waals surface area contributed by atoms with Gasteiger partial charge in [0.2, 0.25) is 0 Å². The summed E-state index contributed by atoms with van der Waals surface area (Å²) in [5.74, 6) is 0.453. The number of hydrogen-bond donors (Lipinski definition) is 2. The number of aliphatic hydroxyl groups excluding tert-OH is 1. The van der Waals surface area contributed by atoms with Gasteiger partial charge in [-0.3, -0.25) is 0 Å². The minimum Gasteiger partial charge on any atom is -0.393 e. The molecule has 1 aliphatic rings. The summed E-state index contributed by atoms with van der Waals surface area (Å²) in [5, 5.41) is 9.81. The van der Waals surface area contributed by atoms with Crippen LogP contribution in [0.15, 0.2) is 30.7 Å². The summed E-state index contributed by atoms with van der Waals surface area (Å²) < 4.78 is 7.46. The molecule has 88 valence electrons. The maximum Gasteiger partial charge on any atom is 0.155 e. The fraction of sp³-hybridized carbons (Fsp3) is 0.273. The smallest absolute Gasteiger partial charge is 0.155 e. The number of rotatable bonds is 2. The molecule has 0 amide bonds. The SMILES string of the molecule is Nc1ncnc2c1ccn2[C@H]1C=C[C@@H](CO)O1. The molecular weight excluding hydrogens is 220 g/mol. The van der Waals surface area contributed by atoms with E-state index in [4.69, 9.17) is 15.6 Å². The van der Waals surface area contributed by atoms with Crippen LogP contribution in [-0.4, -0.2) is 32.4 Å². The molecule has 3 rings (SSSR count). The van der Waals surface area contributed by atoms with E-state index in [2.05, 4.69) is 9.97 Å². The summed E-state index contributed by atoms with van der Waals surface area (Å²) in [5.41, 5.74) is 6.49. The van der Waals surface area contributed by atoms with Crippen LogP contribution in [0.25, 0.3) is 11.0 Å². The first kappa shape index (κ1) is 10.2. The summed E-state index contributed by atoms with van der Waals surface area (Å²) >= 11 is 0. The van der Waals surface area contributed by atoms with Gasteiger partial charge in [0.15, 0.2) is 6.23 Å². The number of ether oxygens (including phenoxy) is 1. The van der Waals surface area contributed by atoms with E-state index in [1.807, 2.05) is 29.0 Å². The molecule has 0 fully saturated rings. The molecule has 6 heteroatoms. The van der Waals surface area contributed by atoms with E-state index in [9.17, 15) is 0 Å². The highest BCUT2D eigenvalue weighted by Crippen LogP contribution is 2.26. The zero-order chi connectivity index (χ0) is 11.8. The van der Waals surface area contributed by atoms with Crippen LogP contribution in [0.4, 0.5) is 5.82 Å². The summed E-state index contributed by atoms with van der Waals surface area (Å²) in [4.78, 5) is 8.13. The van der Waals surface area contributed by atoms with Gasteiger partial charge in [0.1, 0.15) is 23.9 Å². The minimum atomic E-state index is -0.253. The van der Waals surface area contributed by atoms with Gasteiger partial charge in [-0.2, -0.15) is 0 Å². The van der Waals surface area contributed by atoms with Gasteiger partial charge < -0.3 is 20.1 Å². The maximum atomic E-state index is 9.01. The van der Waals surface area contributed by atoms with Crippen LogP contribution in [0.3, 0.4) is 0 Å². The zero-order valence-electron chi connectivity index (χ0n) is 9.02. The molecule has 1 aliphatic heterocycles. The Kier molecular flexibility index (Phi) is 2.31. The number of fused-ring (bicyclic) bond motifs is 1. The van der Waals surface area contributed by atoms with Gasteiger partial charge in [0.25, 0.3) is 0 Å². The second kappa shape index (κ2) is 3.83. The average Bonchev–Trinajstić information content (AvgIpc) is 2.94. The van der Waals surface area contributed by atoms with E-state index in [1.165, 1.54) is 6.33 Å². The van der Waals surface area contributed by atoms with Crippen LogP contribution in [0.5, 0.6) is 0 Å². The minimum absolute atomic E-state index is 0.0245. The van der Waals surface area contributed by atoms with Crippen LogP contribution in [0.1, 0.15) is 6.23 Å². The van der Waals surface area contributed by atoms with Crippen molar-refractivity contribution in [3.8, 4) is 0 Å². The van der Waals surface area contributed by atoms with Crippen molar-refractivity contribution in [1.82, 2.24) is 14.5 Å². The molecular formula is C11H12N4O2. The quantitative estimate of drug-likeness (QED) is 0.734. The molecule has 0 aromatic carbocycles. The highest BCUT2D eigenvalue weighted by Gasteiger charge is 2.21. The second-order valence-corrected chi connectivity index (χ2v) is 3.85. The molecule has 3 heterocycles. The van der Waals surface area contributed by atoms with E-state index in [-0.39, 0.29) is 18.9 Å². The molecule has 3 N–H and O–H groups in total. The van der Waals surface area contributed by atoms with Gasteiger partial charge in [0.05, 0.1) is 12.0 Å². The highest BCUT2D eigenvalue weighted by molar-refractivity contribution is 5.86. The molecule has 6 nitrogen and oxygen atoms in total. The predicted molar refractivity (Wildman–Crippen MR) is 62.1 cm³/mol. The normalized spacial score (nSPS) is 23.6. The largest absolute Gasteiger partial charge is 0.393 e. The van der Waals surface area contributed by atoms with Crippen LogP contribution >= 0.6 is 0 Å². The predicted octanol–water partition coefficient (Wildman–Crippen LogP) is 0.459. The number of aliphatic hydroxyl groups is 1. The third-order valence-electron chi connectivity index (χ3n) is 2.80. The van der Waals surface area contributed by atoms with Crippen molar-refractivity contribution in [3.63, 3.8) is 0 Å². The third kappa shape index (κ3) is 1.58. The van der Waals surface area contributed by atoms with Crippen molar-refractivity contribution in [3.05, 3.63) is 30.7 Å². The Bertz CT molecular complexity index is 578. The first-order chi connectivity index (χ1) is 8.29. The van der Waals surface area contributed by atoms with Gasteiger partial charge in [-0.25, -0.2) is 9.97 Å². The molecule has 0 unspecified atom stereocenters. The molecule has 2 aromatic heterocycles. The molecule has 17 heavy (non-hydrogen) atoms. The Hall–Kier alpha value is -1.92. The lowest BCUT2D eigenvalue weighted by atomic mass is 10.4. The Morgan fingerprint density at radius 1 is 1.41 bits per heavy atom. The summed E-state index contributed by atoms with van der Waals surface area (Å²) in [6.07, 6.45) is 6.50. The Morgan fingerprint density at radius 3 is 3.06 bits per heavy atom. The average molecular weight is 232 g/mol. The van der Waals surface area contributed by atoms with Crippen LogP contribution < -0.4 is 5.73 Å². The summed E-state index contributed by atoms with van der Waals surface area (Å²) in [6, 6.07) is 1.86. The number of aromatic nitrogens is 3. The lowest BCUT2D eigenvalue weighted by Crippen LogP contribution is -2.15. The summed E-state index contributed by atoms with van der Waals surface area (Å²) in [6.45, 7) is -0.0245. The molecule has 0 spiro atoms. The number of nitrogen functional groups attached to an aromatic ring is 1. The van der Waals surface area contributed by atoms with Crippen molar-refractivity contribution in [2.45, 2.75) is 12.3 Å². The Morgan fingerprint density at radius 2 is 2.29 bits per heavy atom. The Balaban J connectivity index is 2.02. The molecule has 0 saturated carbocycles. The highest BCUT2D eigenvalue weighted by atomic mass is 16.5. The topological polar surface area (TPSA) is 86.2 Å². The number of hydrogen-bond acceptors (Lipinski definition) is 5. The molecule has 0 saturated heterocycles. The second-order valence-electron chi connectivity index (χ2n) is 3.85.